The average molecular weight is 273 g/mol. The van der Waals surface area contributed by atoms with E-state index >= 15 is 0 Å². The molecule has 108 valence electrons. The molecule has 1 heterocycles. The number of amides is 4. The first kappa shape index (κ1) is 15.4. The minimum Gasteiger partial charge on any atom is -0.394 e. The van der Waals surface area contributed by atoms with Crippen LogP contribution in [-0.2, 0) is 9.59 Å². The van der Waals surface area contributed by atoms with Gasteiger partial charge in [-0.2, -0.15) is 0 Å². The summed E-state index contributed by atoms with van der Waals surface area (Å²) in [6.45, 7) is 0.391. The van der Waals surface area contributed by atoms with Gasteiger partial charge in [0.2, 0.25) is 5.91 Å². The van der Waals surface area contributed by atoms with Gasteiger partial charge < -0.3 is 20.4 Å². The smallest absolute Gasteiger partial charge is 0.327 e. The number of carbonyl (C=O) groups is 3. The number of aliphatic hydroxyl groups is 2. The SMILES string of the molecule is CCC(CO)(CO)NC(=O)CN1C(=O)CN(C)C1=O. The first-order valence-corrected chi connectivity index (χ1v) is 5.97. The van der Waals surface area contributed by atoms with E-state index in [0.717, 1.165) is 4.90 Å². The van der Waals surface area contributed by atoms with Crippen LogP contribution in [-0.4, -0.2) is 76.7 Å². The molecule has 0 aliphatic carbocycles. The monoisotopic (exact) mass is 273 g/mol. The van der Waals surface area contributed by atoms with Crippen molar-refractivity contribution in [2.24, 2.45) is 0 Å². The zero-order valence-corrected chi connectivity index (χ0v) is 11.0. The molecule has 0 unspecified atom stereocenters. The lowest BCUT2D eigenvalue weighted by Gasteiger charge is -2.30. The molecule has 1 aliphatic rings. The molecule has 0 spiro atoms. The molecule has 1 aliphatic heterocycles. The van der Waals surface area contributed by atoms with Gasteiger partial charge in [-0.05, 0) is 6.42 Å². The van der Waals surface area contributed by atoms with Gasteiger partial charge in [-0.1, -0.05) is 6.92 Å². The van der Waals surface area contributed by atoms with E-state index in [1.807, 2.05) is 0 Å². The van der Waals surface area contributed by atoms with Crippen molar-refractivity contribution in [2.75, 3.05) is 33.4 Å². The highest BCUT2D eigenvalue weighted by Crippen LogP contribution is 2.10. The van der Waals surface area contributed by atoms with E-state index in [1.54, 1.807) is 6.92 Å². The zero-order valence-electron chi connectivity index (χ0n) is 11.0. The summed E-state index contributed by atoms with van der Waals surface area (Å²) in [5, 5.41) is 20.9. The Morgan fingerprint density at radius 2 is 1.95 bits per heavy atom. The first-order chi connectivity index (χ1) is 8.89. The summed E-state index contributed by atoms with van der Waals surface area (Å²) in [4.78, 5) is 36.9. The van der Waals surface area contributed by atoms with Crippen molar-refractivity contribution >= 4 is 17.8 Å². The minimum atomic E-state index is -1.13. The predicted molar refractivity (Wildman–Crippen MR) is 65.1 cm³/mol. The van der Waals surface area contributed by atoms with Crippen LogP contribution in [0.2, 0.25) is 0 Å². The van der Waals surface area contributed by atoms with Crippen LogP contribution >= 0.6 is 0 Å². The Labute approximate surface area is 111 Å². The van der Waals surface area contributed by atoms with Crippen LogP contribution in [0.5, 0.6) is 0 Å². The molecule has 0 atom stereocenters. The molecule has 19 heavy (non-hydrogen) atoms. The van der Waals surface area contributed by atoms with Crippen LogP contribution in [0, 0.1) is 0 Å². The second-order valence-corrected chi connectivity index (χ2v) is 4.62. The number of hydrogen-bond donors (Lipinski definition) is 3. The van der Waals surface area contributed by atoms with E-state index in [1.165, 1.54) is 11.9 Å². The summed E-state index contributed by atoms with van der Waals surface area (Å²) in [5.41, 5.74) is -1.13. The van der Waals surface area contributed by atoms with E-state index < -0.39 is 43.1 Å². The first-order valence-electron chi connectivity index (χ1n) is 5.97. The summed E-state index contributed by atoms with van der Waals surface area (Å²) >= 11 is 0. The zero-order chi connectivity index (χ0) is 14.6. The molecule has 0 aromatic rings. The number of urea groups is 1. The van der Waals surface area contributed by atoms with Gasteiger partial charge >= 0.3 is 6.03 Å². The van der Waals surface area contributed by atoms with Gasteiger partial charge in [0, 0.05) is 7.05 Å². The average Bonchev–Trinajstić information content (AvgIpc) is 2.63. The highest BCUT2D eigenvalue weighted by Gasteiger charge is 2.36. The molecular formula is C11H19N3O5. The maximum Gasteiger partial charge on any atom is 0.327 e. The Bertz CT molecular complexity index is 372. The quantitative estimate of drug-likeness (QED) is 0.491. The normalized spacial score (nSPS) is 16.2. The van der Waals surface area contributed by atoms with Crippen molar-refractivity contribution < 1.29 is 24.6 Å². The maximum atomic E-state index is 11.8. The van der Waals surface area contributed by atoms with E-state index in [-0.39, 0.29) is 6.54 Å². The highest BCUT2D eigenvalue weighted by atomic mass is 16.3. The highest BCUT2D eigenvalue weighted by molar-refractivity contribution is 6.04. The molecule has 3 N–H and O–H groups in total. The molecular weight excluding hydrogens is 254 g/mol. The standard InChI is InChI=1S/C11H19N3O5/c1-3-11(6-15,7-16)12-8(17)4-14-9(18)5-13(2)10(14)19/h15-16H,3-7H2,1-2H3,(H,12,17). The van der Waals surface area contributed by atoms with Crippen molar-refractivity contribution in [2.45, 2.75) is 18.9 Å². The Balaban J connectivity index is 2.65. The predicted octanol–water partition coefficient (Wildman–Crippen LogP) is -1.87. The van der Waals surface area contributed by atoms with E-state index in [4.69, 9.17) is 0 Å². The Hall–Kier alpha value is -1.67. The summed E-state index contributed by atoms with van der Waals surface area (Å²) < 4.78 is 0. The number of likely N-dealkylation sites (N-methyl/N-ethyl adjacent to an activating group) is 1. The lowest BCUT2D eigenvalue weighted by molar-refractivity contribution is -0.132. The van der Waals surface area contributed by atoms with Crippen molar-refractivity contribution in [3.63, 3.8) is 0 Å². The van der Waals surface area contributed by atoms with Crippen LogP contribution in [0.3, 0.4) is 0 Å². The Kier molecular flexibility index (Phi) is 4.84. The van der Waals surface area contributed by atoms with Crippen molar-refractivity contribution in [1.29, 1.82) is 0 Å². The topological polar surface area (TPSA) is 110 Å². The van der Waals surface area contributed by atoms with Crippen LogP contribution in [0.15, 0.2) is 0 Å². The molecule has 8 heteroatoms. The summed E-state index contributed by atoms with van der Waals surface area (Å²) in [5.74, 6) is -1.04. The fourth-order valence-electron chi connectivity index (χ4n) is 1.74. The van der Waals surface area contributed by atoms with Crippen LogP contribution in [0.1, 0.15) is 13.3 Å². The number of nitrogens with zero attached hydrogens (tertiary/aromatic N) is 2. The molecule has 1 fully saturated rings. The number of carbonyl (C=O) groups excluding carboxylic acids is 3. The summed E-state index contributed by atoms with van der Waals surface area (Å²) in [7, 11) is 1.47. The Morgan fingerprint density at radius 1 is 1.37 bits per heavy atom. The summed E-state index contributed by atoms with van der Waals surface area (Å²) in [6, 6.07) is -0.532. The van der Waals surface area contributed by atoms with Gasteiger partial charge in [0.1, 0.15) is 13.1 Å². The molecule has 1 rings (SSSR count). The van der Waals surface area contributed by atoms with E-state index in [9.17, 15) is 24.6 Å². The van der Waals surface area contributed by atoms with Gasteiger partial charge in [0.15, 0.2) is 0 Å². The Morgan fingerprint density at radius 3 is 2.32 bits per heavy atom. The van der Waals surface area contributed by atoms with Gasteiger partial charge in [-0.3, -0.25) is 14.5 Å². The van der Waals surface area contributed by atoms with Crippen LogP contribution in [0.25, 0.3) is 0 Å². The van der Waals surface area contributed by atoms with Crippen LogP contribution in [0.4, 0.5) is 4.79 Å². The lowest BCUT2D eigenvalue weighted by Crippen LogP contribution is -2.56. The van der Waals surface area contributed by atoms with Crippen molar-refractivity contribution in [1.82, 2.24) is 15.1 Å². The van der Waals surface area contributed by atoms with E-state index in [0.29, 0.717) is 6.42 Å². The van der Waals surface area contributed by atoms with E-state index in [2.05, 4.69) is 5.32 Å². The fraction of sp³-hybridized carbons (Fsp3) is 0.727. The van der Waals surface area contributed by atoms with Gasteiger partial charge in [0.05, 0.1) is 18.8 Å². The number of nitrogens with one attached hydrogen (secondary N) is 1. The fourth-order valence-corrected chi connectivity index (χ4v) is 1.74. The molecule has 8 nitrogen and oxygen atoms in total. The lowest BCUT2D eigenvalue weighted by atomic mass is 9.98. The molecule has 4 amide bonds. The number of rotatable bonds is 6. The second-order valence-electron chi connectivity index (χ2n) is 4.62. The van der Waals surface area contributed by atoms with Gasteiger partial charge in [-0.15, -0.1) is 0 Å². The molecule has 1 saturated heterocycles. The number of aliphatic hydroxyl groups excluding tert-OH is 2. The number of imide groups is 1. The second kappa shape index (κ2) is 5.98. The molecule has 0 radical (unpaired) electrons. The minimum absolute atomic E-state index is 0.0506. The third-order valence-electron chi connectivity index (χ3n) is 3.22. The largest absolute Gasteiger partial charge is 0.394 e. The summed E-state index contributed by atoms with van der Waals surface area (Å²) in [6.07, 6.45) is 0.327. The molecule has 0 aromatic heterocycles. The van der Waals surface area contributed by atoms with Gasteiger partial charge in [-0.25, -0.2) is 4.79 Å². The van der Waals surface area contributed by atoms with Crippen LogP contribution < -0.4 is 5.32 Å². The third-order valence-corrected chi connectivity index (χ3v) is 3.22. The van der Waals surface area contributed by atoms with Crippen molar-refractivity contribution in [3.05, 3.63) is 0 Å². The maximum absolute atomic E-state index is 11.8. The molecule has 0 aromatic carbocycles. The number of hydrogen-bond acceptors (Lipinski definition) is 5. The van der Waals surface area contributed by atoms with Crippen molar-refractivity contribution in [3.8, 4) is 0 Å². The third kappa shape index (κ3) is 3.21. The van der Waals surface area contributed by atoms with Gasteiger partial charge in [0.25, 0.3) is 5.91 Å². The molecule has 0 bridgehead atoms. The molecule has 0 saturated carbocycles.